The van der Waals surface area contributed by atoms with Crippen LogP contribution in [0, 0.1) is 0 Å². The van der Waals surface area contributed by atoms with Crippen LogP contribution in [-0.2, 0) is 4.79 Å². The SMILES string of the molecule is CC(C)Oc1cc(/C(O)=C2\C(=O)Nc3cc(Cl)c(-c4ccc(C5CC(O)C5)cc4)cc32)on1. The predicted octanol–water partition coefficient (Wildman–Crippen LogP) is 5.40. The molecule has 1 aromatic heterocycles. The first kappa shape index (κ1) is 21.6. The van der Waals surface area contributed by atoms with E-state index in [0.717, 1.165) is 24.0 Å². The van der Waals surface area contributed by atoms with E-state index in [1.54, 1.807) is 12.1 Å². The summed E-state index contributed by atoms with van der Waals surface area (Å²) < 4.78 is 10.7. The number of hydrogen-bond acceptors (Lipinski definition) is 6. The number of aliphatic hydroxyl groups excluding tert-OH is 2. The molecule has 0 spiro atoms. The van der Waals surface area contributed by atoms with Crippen LogP contribution in [0.2, 0.25) is 5.02 Å². The summed E-state index contributed by atoms with van der Waals surface area (Å²) in [5.41, 5.74) is 3.91. The summed E-state index contributed by atoms with van der Waals surface area (Å²) in [5.74, 6) is -0.153. The highest BCUT2D eigenvalue weighted by atomic mass is 35.5. The van der Waals surface area contributed by atoms with Crippen LogP contribution in [0.3, 0.4) is 0 Å². The molecule has 0 radical (unpaired) electrons. The second-order valence-corrected chi connectivity index (χ2v) is 9.10. The summed E-state index contributed by atoms with van der Waals surface area (Å²) in [4.78, 5) is 12.7. The largest absolute Gasteiger partial charge is 0.504 e. The van der Waals surface area contributed by atoms with Crippen molar-refractivity contribution in [3.8, 4) is 17.0 Å². The van der Waals surface area contributed by atoms with Crippen molar-refractivity contribution in [2.45, 2.75) is 44.8 Å². The second-order valence-electron chi connectivity index (χ2n) is 8.70. The zero-order valence-electron chi connectivity index (χ0n) is 18.1. The number of halogens is 1. The summed E-state index contributed by atoms with van der Waals surface area (Å²) in [6, 6.07) is 12.9. The van der Waals surface area contributed by atoms with Crippen LogP contribution >= 0.6 is 11.6 Å². The first-order valence-electron chi connectivity index (χ1n) is 10.8. The Balaban J connectivity index is 1.51. The van der Waals surface area contributed by atoms with Crippen molar-refractivity contribution in [1.82, 2.24) is 5.16 Å². The lowest BCUT2D eigenvalue weighted by atomic mass is 9.77. The van der Waals surface area contributed by atoms with E-state index in [1.165, 1.54) is 11.6 Å². The van der Waals surface area contributed by atoms with Crippen LogP contribution in [0.1, 0.15) is 49.5 Å². The molecule has 3 aromatic rings. The van der Waals surface area contributed by atoms with E-state index in [0.29, 0.717) is 22.2 Å². The average Bonchev–Trinajstić information content (AvgIpc) is 3.33. The third-order valence-corrected chi connectivity index (χ3v) is 6.29. The number of aliphatic hydroxyl groups is 2. The summed E-state index contributed by atoms with van der Waals surface area (Å²) in [5, 5.41) is 27.4. The maximum atomic E-state index is 12.7. The van der Waals surface area contributed by atoms with Crippen molar-refractivity contribution in [3.05, 3.63) is 64.4 Å². The number of amides is 1. The topological polar surface area (TPSA) is 105 Å². The Kier molecular flexibility index (Phi) is 5.38. The molecule has 7 nitrogen and oxygen atoms in total. The molecule has 2 heterocycles. The third-order valence-electron chi connectivity index (χ3n) is 5.97. The smallest absolute Gasteiger partial charge is 0.260 e. The molecule has 1 aliphatic carbocycles. The van der Waals surface area contributed by atoms with Gasteiger partial charge in [0.1, 0.15) is 0 Å². The standard InChI is InChI=1S/C25H23ClN2O5/c1-12(2)32-22-11-21(33-28-22)24(30)23-18-9-17(19(26)10-20(18)27-25(23)31)14-5-3-13(4-6-14)15-7-16(29)8-15/h3-6,9-12,15-16,29-30H,7-8H2,1-2H3,(H,27,31)/b24-23+. The molecule has 0 atom stereocenters. The first-order valence-corrected chi connectivity index (χ1v) is 11.2. The Morgan fingerprint density at radius 2 is 1.91 bits per heavy atom. The predicted molar refractivity (Wildman–Crippen MR) is 125 cm³/mol. The first-order chi connectivity index (χ1) is 15.8. The van der Waals surface area contributed by atoms with Crippen molar-refractivity contribution >= 4 is 34.5 Å². The minimum Gasteiger partial charge on any atom is -0.504 e. The minimum atomic E-state index is -0.461. The summed E-state index contributed by atoms with van der Waals surface area (Å²) >= 11 is 6.54. The number of ether oxygens (including phenoxy) is 1. The lowest BCUT2D eigenvalue weighted by Gasteiger charge is -2.31. The number of aromatic nitrogens is 1. The van der Waals surface area contributed by atoms with Gasteiger partial charge >= 0.3 is 0 Å². The number of fused-ring (bicyclic) bond motifs is 1. The molecular weight excluding hydrogens is 444 g/mol. The fourth-order valence-corrected chi connectivity index (χ4v) is 4.51. The van der Waals surface area contributed by atoms with Crippen LogP contribution in [-0.4, -0.2) is 33.5 Å². The second kappa shape index (κ2) is 8.24. The molecule has 0 saturated heterocycles. The highest BCUT2D eigenvalue weighted by molar-refractivity contribution is 6.38. The molecule has 8 heteroatoms. The van der Waals surface area contributed by atoms with Crippen LogP contribution in [0.15, 0.2) is 47.0 Å². The molecule has 33 heavy (non-hydrogen) atoms. The van der Waals surface area contributed by atoms with E-state index in [1.807, 2.05) is 38.1 Å². The van der Waals surface area contributed by atoms with E-state index in [4.69, 9.17) is 20.9 Å². The Hall–Kier alpha value is -3.29. The zero-order chi connectivity index (χ0) is 23.3. The van der Waals surface area contributed by atoms with Crippen LogP contribution in [0.4, 0.5) is 5.69 Å². The van der Waals surface area contributed by atoms with Gasteiger partial charge in [0.2, 0.25) is 5.76 Å². The monoisotopic (exact) mass is 466 g/mol. The highest BCUT2D eigenvalue weighted by Crippen LogP contribution is 2.43. The van der Waals surface area contributed by atoms with Crippen molar-refractivity contribution in [2.75, 3.05) is 5.32 Å². The lowest BCUT2D eigenvalue weighted by molar-refractivity contribution is -0.110. The van der Waals surface area contributed by atoms with E-state index < -0.39 is 5.91 Å². The fraction of sp³-hybridized carbons (Fsp3) is 0.280. The van der Waals surface area contributed by atoms with Gasteiger partial charge in [-0.05, 0) is 61.0 Å². The summed E-state index contributed by atoms with van der Waals surface area (Å²) in [7, 11) is 0. The maximum Gasteiger partial charge on any atom is 0.260 e. The maximum absolute atomic E-state index is 12.7. The molecule has 170 valence electrons. The minimum absolute atomic E-state index is 0.0344. The molecule has 1 aliphatic heterocycles. The number of nitrogens with one attached hydrogen (secondary N) is 1. The van der Waals surface area contributed by atoms with Gasteiger partial charge in [0, 0.05) is 11.1 Å². The Bertz CT molecular complexity index is 1260. The third kappa shape index (κ3) is 3.98. The normalized spacial score (nSPS) is 20.9. The van der Waals surface area contributed by atoms with Gasteiger partial charge in [0.15, 0.2) is 5.76 Å². The highest BCUT2D eigenvalue weighted by Gasteiger charge is 2.32. The Morgan fingerprint density at radius 1 is 1.18 bits per heavy atom. The van der Waals surface area contributed by atoms with Crippen LogP contribution in [0.25, 0.3) is 22.5 Å². The van der Waals surface area contributed by atoms with E-state index >= 15 is 0 Å². The number of carbonyl (C=O) groups excluding carboxylic acids is 1. The van der Waals surface area contributed by atoms with E-state index in [2.05, 4.69) is 10.5 Å². The molecular formula is C25H23ClN2O5. The van der Waals surface area contributed by atoms with Crippen LogP contribution < -0.4 is 10.1 Å². The molecule has 0 bridgehead atoms. The molecule has 1 saturated carbocycles. The lowest BCUT2D eigenvalue weighted by Crippen LogP contribution is -2.26. The van der Waals surface area contributed by atoms with Gasteiger partial charge in [-0.3, -0.25) is 4.79 Å². The average molecular weight is 467 g/mol. The van der Waals surface area contributed by atoms with Crippen molar-refractivity contribution < 1.29 is 24.3 Å². The van der Waals surface area contributed by atoms with Gasteiger partial charge in [0.05, 0.1) is 34.6 Å². The fourth-order valence-electron chi connectivity index (χ4n) is 4.23. The molecule has 2 aliphatic rings. The summed E-state index contributed by atoms with van der Waals surface area (Å²) in [6.45, 7) is 3.70. The Morgan fingerprint density at radius 3 is 2.58 bits per heavy atom. The van der Waals surface area contributed by atoms with Crippen molar-refractivity contribution in [2.24, 2.45) is 0 Å². The number of hydrogen-bond donors (Lipinski definition) is 3. The van der Waals surface area contributed by atoms with Crippen molar-refractivity contribution in [1.29, 1.82) is 0 Å². The van der Waals surface area contributed by atoms with Crippen LogP contribution in [0.5, 0.6) is 5.88 Å². The number of nitrogens with zero attached hydrogens (tertiary/aromatic N) is 1. The van der Waals surface area contributed by atoms with Crippen molar-refractivity contribution in [3.63, 3.8) is 0 Å². The molecule has 5 rings (SSSR count). The summed E-state index contributed by atoms with van der Waals surface area (Å²) in [6.07, 6.45) is 1.25. The van der Waals surface area contributed by atoms with Gasteiger partial charge in [-0.15, -0.1) is 0 Å². The van der Waals surface area contributed by atoms with Gasteiger partial charge in [-0.1, -0.05) is 35.9 Å². The number of benzene rings is 2. The Labute approximate surface area is 195 Å². The van der Waals surface area contributed by atoms with Gasteiger partial charge in [-0.2, -0.15) is 0 Å². The number of carbonyl (C=O) groups is 1. The van der Waals surface area contributed by atoms with E-state index in [9.17, 15) is 15.0 Å². The zero-order valence-corrected chi connectivity index (χ0v) is 18.9. The van der Waals surface area contributed by atoms with Gasteiger partial charge in [-0.25, -0.2) is 0 Å². The molecule has 0 unspecified atom stereocenters. The number of anilines is 1. The van der Waals surface area contributed by atoms with Gasteiger partial charge in [0.25, 0.3) is 11.8 Å². The number of rotatable bonds is 5. The van der Waals surface area contributed by atoms with Gasteiger partial charge < -0.3 is 24.8 Å². The molecule has 1 fully saturated rings. The quantitative estimate of drug-likeness (QED) is 0.343. The van der Waals surface area contributed by atoms with E-state index in [-0.39, 0.29) is 35.2 Å². The molecule has 3 N–H and O–H groups in total. The molecule has 2 aromatic carbocycles. The molecule has 1 amide bonds.